The molecule has 5 rings (SSSR count). The van der Waals surface area contributed by atoms with Gasteiger partial charge >= 0.3 is 0 Å². The van der Waals surface area contributed by atoms with E-state index in [1.165, 1.54) is 6.33 Å². The van der Waals surface area contributed by atoms with E-state index in [0.717, 1.165) is 47.4 Å². The van der Waals surface area contributed by atoms with E-state index < -0.39 is 0 Å². The van der Waals surface area contributed by atoms with Crippen LogP contribution < -0.4 is 0 Å². The number of halogens is 1. The summed E-state index contributed by atoms with van der Waals surface area (Å²) in [6.45, 7) is 5.53. The zero-order chi connectivity index (χ0) is 25.1. The quantitative estimate of drug-likeness (QED) is 0.425. The van der Waals surface area contributed by atoms with Crippen LogP contribution in [0.5, 0.6) is 0 Å². The first-order valence-electron chi connectivity index (χ1n) is 12.0. The van der Waals surface area contributed by atoms with Crippen molar-refractivity contribution in [3.05, 3.63) is 65.3 Å². The van der Waals surface area contributed by atoms with Gasteiger partial charge in [0.2, 0.25) is 0 Å². The van der Waals surface area contributed by atoms with Crippen molar-refractivity contribution in [2.75, 3.05) is 32.7 Å². The summed E-state index contributed by atoms with van der Waals surface area (Å²) in [5.74, 6) is 0.0391. The van der Waals surface area contributed by atoms with Crippen LogP contribution in [-0.4, -0.2) is 73.2 Å². The van der Waals surface area contributed by atoms with Crippen LogP contribution in [0, 0.1) is 18.3 Å². The van der Waals surface area contributed by atoms with Crippen LogP contribution in [0.25, 0.3) is 22.3 Å². The summed E-state index contributed by atoms with van der Waals surface area (Å²) in [4.78, 5) is 29.2. The van der Waals surface area contributed by atoms with Crippen molar-refractivity contribution in [3.8, 4) is 17.3 Å². The van der Waals surface area contributed by atoms with Crippen molar-refractivity contribution in [2.45, 2.75) is 25.8 Å². The van der Waals surface area contributed by atoms with Crippen molar-refractivity contribution in [1.29, 1.82) is 5.26 Å². The molecule has 4 aromatic rings. The number of benzene rings is 1. The molecule has 0 radical (unpaired) electrons. The third-order valence-corrected chi connectivity index (χ3v) is 6.93. The summed E-state index contributed by atoms with van der Waals surface area (Å²) in [6.07, 6.45) is 8.33. The maximum atomic E-state index is 13.1. The molecule has 0 aliphatic carbocycles. The summed E-state index contributed by atoms with van der Waals surface area (Å²) in [5.41, 5.74) is 4.05. The number of hydrogen-bond acceptors (Lipinski definition) is 6. The average Bonchev–Trinajstić information content (AvgIpc) is 3.49. The van der Waals surface area contributed by atoms with Crippen LogP contribution in [0.3, 0.4) is 0 Å². The summed E-state index contributed by atoms with van der Waals surface area (Å²) in [6, 6.07) is 9.55. The van der Waals surface area contributed by atoms with E-state index in [1.807, 2.05) is 41.0 Å². The highest BCUT2D eigenvalue weighted by Gasteiger charge is 2.24. The molecule has 1 atom stereocenters. The Hall–Kier alpha value is -3.74. The minimum atomic E-state index is -0.104. The second kappa shape index (κ2) is 10.5. The number of H-pyrrole nitrogens is 1. The molecule has 3 aromatic heterocycles. The number of carbonyl (C=O) groups excluding carboxylic acids is 1. The number of rotatable bonds is 6. The van der Waals surface area contributed by atoms with Crippen molar-refractivity contribution < 1.29 is 4.79 Å². The standard InChI is InChI=1S/C26H27ClN8O/c1-18-13-20(27)3-4-22(18)26(36)34-10-2-9-33(11-12-34)16-21(5-7-28)35-15-19(14-32-35)24-23-6-8-29-25(23)31-17-30-24/h3-4,6,8,13-15,17,21H,2,5,9-12,16H2,1H3,(H,29,30,31). The lowest BCUT2D eigenvalue weighted by molar-refractivity contribution is 0.0760. The molecule has 0 bridgehead atoms. The van der Waals surface area contributed by atoms with E-state index in [0.29, 0.717) is 36.6 Å². The van der Waals surface area contributed by atoms with E-state index in [9.17, 15) is 10.1 Å². The van der Waals surface area contributed by atoms with Gasteiger partial charge in [0.05, 0.1) is 30.4 Å². The molecule has 1 saturated heterocycles. The van der Waals surface area contributed by atoms with Crippen LogP contribution in [0.15, 0.2) is 49.2 Å². The molecule has 1 N–H and O–H groups in total. The number of aromatic amines is 1. The Morgan fingerprint density at radius 2 is 2.11 bits per heavy atom. The molecule has 9 nitrogen and oxygen atoms in total. The largest absolute Gasteiger partial charge is 0.346 e. The van der Waals surface area contributed by atoms with Crippen molar-refractivity contribution in [3.63, 3.8) is 0 Å². The summed E-state index contributed by atoms with van der Waals surface area (Å²) in [7, 11) is 0. The highest BCUT2D eigenvalue weighted by Crippen LogP contribution is 2.26. The lowest BCUT2D eigenvalue weighted by Crippen LogP contribution is -2.37. The Labute approximate surface area is 214 Å². The molecule has 1 amide bonds. The van der Waals surface area contributed by atoms with Crippen LogP contribution in [0.4, 0.5) is 0 Å². The Balaban J connectivity index is 1.28. The molecule has 1 aliphatic rings. The van der Waals surface area contributed by atoms with E-state index in [4.69, 9.17) is 11.6 Å². The number of nitrogens with one attached hydrogen (secondary N) is 1. The Kier molecular flexibility index (Phi) is 6.98. The van der Waals surface area contributed by atoms with Crippen molar-refractivity contribution in [2.24, 2.45) is 0 Å². The van der Waals surface area contributed by atoms with Gasteiger partial charge in [-0.3, -0.25) is 14.4 Å². The number of carbonyl (C=O) groups is 1. The van der Waals surface area contributed by atoms with Gasteiger partial charge < -0.3 is 9.88 Å². The number of nitriles is 1. The predicted molar refractivity (Wildman–Crippen MR) is 138 cm³/mol. The molecule has 1 aliphatic heterocycles. The monoisotopic (exact) mass is 502 g/mol. The minimum Gasteiger partial charge on any atom is -0.346 e. The topological polar surface area (TPSA) is 107 Å². The zero-order valence-electron chi connectivity index (χ0n) is 20.1. The lowest BCUT2D eigenvalue weighted by atomic mass is 10.1. The third-order valence-electron chi connectivity index (χ3n) is 6.69. The number of fused-ring (bicyclic) bond motifs is 1. The van der Waals surface area contributed by atoms with E-state index >= 15 is 0 Å². The van der Waals surface area contributed by atoms with Gasteiger partial charge in [0.1, 0.15) is 12.0 Å². The van der Waals surface area contributed by atoms with E-state index in [1.54, 1.807) is 18.3 Å². The summed E-state index contributed by atoms with van der Waals surface area (Å²) >= 11 is 6.06. The highest BCUT2D eigenvalue weighted by atomic mass is 35.5. The molecule has 1 unspecified atom stereocenters. The molecular weight excluding hydrogens is 476 g/mol. The summed E-state index contributed by atoms with van der Waals surface area (Å²) in [5, 5.41) is 15.7. The number of aromatic nitrogens is 5. The van der Waals surface area contributed by atoms with Gasteiger partial charge in [0.25, 0.3) is 5.91 Å². The van der Waals surface area contributed by atoms with Crippen LogP contribution in [-0.2, 0) is 0 Å². The van der Waals surface area contributed by atoms with Gasteiger partial charge in [0, 0.05) is 60.1 Å². The fraction of sp³-hybridized carbons (Fsp3) is 0.346. The van der Waals surface area contributed by atoms with Crippen LogP contribution >= 0.6 is 11.6 Å². The molecule has 0 spiro atoms. The van der Waals surface area contributed by atoms with Gasteiger partial charge in [-0.15, -0.1) is 0 Å². The highest BCUT2D eigenvalue weighted by molar-refractivity contribution is 6.30. The summed E-state index contributed by atoms with van der Waals surface area (Å²) < 4.78 is 1.87. The van der Waals surface area contributed by atoms with E-state index in [-0.39, 0.29) is 11.9 Å². The maximum absolute atomic E-state index is 13.1. The fourth-order valence-corrected chi connectivity index (χ4v) is 5.03. The van der Waals surface area contributed by atoms with Gasteiger partial charge in [-0.25, -0.2) is 9.97 Å². The Morgan fingerprint density at radius 1 is 1.22 bits per heavy atom. The van der Waals surface area contributed by atoms with Crippen LogP contribution in [0.1, 0.15) is 34.8 Å². The first-order valence-corrected chi connectivity index (χ1v) is 12.4. The number of aryl methyl sites for hydroxylation is 1. The second-order valence-electron chi connectivity index (χ2n) is 9.09. The molecule has 0 saturated carbocycles. The number of amides is 1. The molecule has 1 fully saturated rings. The predicted octanol–water partition coefficient (Wildman–Crippen LogP) is 4.09. The zero-order valence-corrected chi connectivity index (χ0v) is 20.8. The third kappa shape index (κ3) is 4.96. The molecular formula is C26H27ClN8O. The molecule has 1 aromatic carbocycles. The Morgan fingerprint density at radius 3 is 2.94 bits per heavy atom. The first kappa shape index (κ1) is 24.0. The SMILES string of the molecule is Cc1cc(Cl)ccc1C(=O)N1CCCN(CC(CC#N)n2cc(-c3ncnc4[nH]ccc34)cn2)CC1. The van der Waals surface area contributed by atoms with Gasteiger partial charge in [-0.05, 0) is 49.7 Å². The Bertz CT molecular complexity index is 1420. The molecule has 36 heavy (non-hydrogen) atoms. The van der Waals surface area contributed by atoms with Gasteiger partial charge in [-0.1, -0.05) is 11.6 Å². The number of hydrogen-bond donors (Lipinski definition) is 1. The van der Waals surface area contributed by atoms with Gasteiger partial charge in [0.15, 0.2) is 0 Å². The molecule has 4 heterocycles. The fourth-order valence-electron chi connectivity index (χ4n) is 4.80. The number of nitrogens with zero attached hydrogens (tertiary/aromatic N) is 7. The van der Waals surface area contributed by atoms with Crippen molar-refractivity contribution >= 4 is 28.5 Å². The molecule has 184 valence electrons. The lowest BCUT2D eigenvalue weighted by Gasteiger charge is -2.26. The first-order chi connectivity index (χ1) is 17.5. The average molecular weight is 503 g/mol. The molecule has 10 heteroatoms. The van der Waals surface area contributed by atoms with Crippen molar-refractivity contribution in [1.82, 2.24) is 34.5 Å². The normalized spacial score (nSPS) is 15.5. The van der Waals surface area contributed by atoms with E-state index in [2.05, 4.69) is 31.0 Å². The van der Waals surface area contributed by atoms with Gasteiger partial charge in [-0.2, -0.15) is 10.4 Å². The second-order valence-corrected chi connectivity index (χ2v) is 9.53. The minimum absolute atomic E-state index is 0.0391. The smallest absolute Gasteiger partial charge is 0.254 e. The maximum Gasteiger partial charge on any atom is 0.254 e. The van der Waals surface area contributed by atoms with Crippen LogP contribution in [0.2, 0.25) is 5.02 Å².